The van der Waals surface area contributed by atoms with Crippen LogP contribution in [0.5, 0.6) is 0 Å². The largest absolute Gasteiger partial charge is 0.348 e. The van der Waals surface area contributed by atoms with Gasteiger partial charge >= 0.3 is 0 Å². The summed E-state index contributed by atoms with van der Waals surface area (Å²) in [5.74, 6) is 1.17. The molecule has 0 unspecified atom stereocenters. The Kier molecular flexibility index (Phi) is 5.23. The lowest BCUT2D eigenvalue weighted by molar-refractivity contribution is -0.131. The average molecular weight is 366 g/mol. The Morgan fingerprint density at radius 1 is 1.15 bits per heavy atom. The van der Waals surface area contributed by atoms with Gasteiger partial charge in [-0.05, 0) is 36.8 Å². The number of benzene rings is 1. The second-order valence-corrected chi connectivity index (χ2v) is 7.63. The molecular weight excluding hydrogens is 340 g/mol. The van der Waals surface area contributed by atoms with E-state index in [0.717, 1.165) is 56.7 Å². The third-order valence-electron chi connectivity index (χ3n) is 5.96. The first-order chi connectivity index (χ1) is 13.2. The monoisotopic (exact) mass is 366 g/mol. The van der Waals surface area contributed by atoms with Gasteiger partial charge in [-0.25, -0.2) is 4.98 Å². The van der Waals surface area contributed by atoms with E-state index in [1.54, 1.807) is 6.33 Å². The average Bonchev–Trinajstić information content (AvgIpc) is 3.17. The molecule has 1 aromatic carbocycles. The molecule has 0 radical (unpaired) electrons. The molecule has 2 atom stereocenters. The first-order valence-electron chi connectivity index (χ1n) is 9.80. The van der Waals surface area contributed by atoms with Crippen molar-refractivity contribution >= 4 is 11.8 Å². The zero-order valence-corrected chi connectivity index (χ0v) is 15.5. The van der Waals surface area contributed by atoms with Crippen molar-refractivity contribution in [2.24, 2.45) is 11.8 Å². The lowest BCUT2D eigenvalue weighted by atomic mass is 9.82. The number of fused-ring (bicyclic) bond motifs is 1. The molecule has 4 rings (SSSR count). The van der Waals surface area contributed by atoms with E-state index < -0.39 is 0 Å². The summed E-state index contributed by atoms with van der Waals surface area (Å²) in [4.78, 5) is 36.5. The van der Waals surface area contributed by atoms with Gasteiger partial charge in [-0.15, -0.1) is 0 Å². The number of hydrogen-bond donors (Lipinski definition) is 1. The molecule has 2 amide bonds. The number of rotatable bonds is 4. The van der Waals surface area contributed by atoms with Crippen LogP contribution in [0.15, 0.2) is 42.9 Å². The zero-order valence-electron chi connectivity index (χ0n) is 15.5. The van der Waals surface area contributed by atoms with Crippen molar-refractivity contribution in [3.05, 3.63) is 54.1 Å². The first kappa shape index (κ1) is 17.8. The molecule has 3 heterocycles. The maximum atomic E-state index is 12.8. The molecule has 1 aromatic heterocycles. The molecule has 6 nitrogen and oxygen atoms in total. The van der Waals surface area contributed by atoms with E-state index >= 15 is 0 Å². The van der Waals surface area contributed by atoms with Crippen molar-refractivity contribution in [1.29, 1.82) is 0 Å². The van der Waals surface area contributed by atoms with E-state index in [1.807, 2.05) is 46.3 Å². The van der Waals surface area contributed by atoms with Gasteiger partial charge in [-0.3, -0.25) is 9.59 Å². The van der Waals surface area contributed by atoms with E-state index in [4.69, 9.17) is 0 Å². The van der Waals surface area contributed by atoms with Crippen molar-refractivity contribution in [3.8, 4) is 0 Å². The Morgan fingerprint density at radius 2 is 1.96 bits per heavy atom. The first-order valence-corrected chi connectivity index (χ1v) is 9.80. The van der Waals surface area contributed by atoms with Gasteiger partial charge < -0.3 is 14.8 Å². The van der Waals surface area contributed by atoms with Crippen molar-refractivity contribution in [2.75, 3.05) is 26.2 Å². The summed E-state index contributed by atoms with van der Waals surface area (Å²) in [6.07, 6.45) is 6.80. The van der Waals surface area contributed by atoms with Crippen LogP contribution in [0, 0.1) is 11.8 Å². The SMILES string of the molecule is O=C1C[C@@H]2CCN(C(=O)c3ccccc3)C[C@@H]2CCN1CCc1cnc[nH]1. The highest BCUT2D eigenvalue weighted by atomic mass is 16.2. The van der Waals surface area contributed by atoms with Gasteiger partial charge in [0.2, 0.25) is 5.91 Å². The minimum atomic E-state index is 0.112. The molecule has 0 spiro atoms. The lowest BCUT2D eigenvalue weighted by Crippen LogP contribution is -2.43. The number of amides is 2. The van der Waals surface area contributed by atoms with Gasteiger partial charge in [0.05, 0.1) is 6.33 Å². The number of likely N-dealkylation sites (tertiary alicyclic amines) is 2. The topological polar surface area (TPSA) is 69.3 Å². The second kappa shape index (κ2) is 7.94. The molecule has 0 aliphatic carbocycles. The highest BCUT2D eigenvalue weighted by Gasteiger charge is 2.36. The third-order valence-corrected chi connectivity index (χ3v) is 5.96. The molecule has 6 heteroatoms. The molecule has 1 N–H and O–H groups in total. The second-order valence-electron chi connectivity index (χ2n) is 7.63. The number of nitrogens with zero attached hydrogens (tertiary/aromatic N) is 3. The Balaban J connectivity index is 1.37. The molecule has 0 saturated carbocycles. The van der Waals surface area contributed by atoms with Gasteiger partial charge in [0, 0.05) is 56.5 Å². The fraction of sp³-hybridized carbons (Fsp3) is 0.476. The van der Waals surface area contributed by atoms with Crippen LogP contribution in [-0.2, 0) is 11.2 Å². The van der Waals surface area contributed by atoms with Gasteiger partial charge in [0.1, 0.15) is 0 Å². The Labute approximate surface area is 159 Å². The molecule has 2 fully saturated rings. The van der Waals surface area contributed by atoms with Crippen molar-refractivity contribution in [2.45, 2.75) is 25.7 Å². The number of hydrogen-bond acceptors (Lipinski definition) is 3. The van der Waals surface area contributed by atoms with Crippen LogP contribution in [0.2, 0.25) is 0 Å². The molecule has 142 valence electrons. The van der Waals surface area contributed by atoms with Gasteiger partial charge in [-0.2, -0.15) is 0 Å². The molecule has 2 saturated heterocycles. The van der Waals surface area contributed by atoms with Crippen LogP contribution < -0.4 is 0 Å². The highest BCUT2D eigenvalue weighted by molar-refractivity contribution is 5.94. The van der Waals surface area contributed by atoms with Crippen LogP contribution in [0.25, 0.3) is 0 Å². The quantitative estimate of drug-likeness (QED) is 0.903. The Hall–Kier alpha value is -2.63. The lowest BCUT2D eigenvalue weighted by Gasteiger charge is -2.37. The number of carbonyl (C=O) groups excluding carboxylic acids is 2. The van der Waals surface area contributed by atoms with E-state index in [9.17, 15) is 9.59 Å². The number of aromatic amines is 1. The number of nitrogens with one attached hydrogen (secondary N) is 1. The Bertz CT molecular complexity index is 775. The summed E-state index contributed by atoms with van der Waals surface area (Å²) in [7, 11) is 0. The van der Waals surface area contributed by atoms with Crippen LogP contribution in [0.3, 0.4) is 0 Å². The predicted molar refractivity (Wildman–Crippen MR) is 102 cm³/mol. The number of H-pyrrole nitrogens is 1. The maximum Gasteiger partial charge on any atom is 0.253 e. The smallest absolute Gasteiger partial charge is 0.253 e. The maximum absolute atomic E-state index is 12.8. The van der Waals surface area contributed by atoms with Crippen LogP contribution in [-0.4, -0.2) is 57.8 Å². The highest BCUT2D eigenvalue weighted by Crippen LogP contribution is 2.33. The van der Waals surface area contributed by atoms with Crippen molar-refractivity contribution < 1.29 is 9.59 Å². The van der Waals surface area contributed by atoms with Crippen LogP contribution in [0.4, 0.5) is 0 Å². The zero-order chi connectivity index (χ0) is 18.6. The molecule has 0 bridgehead atoms. The summed E-state index contributed by atoms with van der Waals surface area (Å²) in [6.45, 7) is 3.02. The fourth-order valence-electron chi connectivity index (χ4n) is 4.34. The molecular formula is C21H26N4O2. The third kappa shape index (κ3) is 4.04. The minimum Gasteiger partial charge on any atom is -0.348 e. The summed E-state index contributed by atoms with van der Waals surface area (Å²) in [5.41, 5.74) is 1.81. The van der Waals surface area contributed by atoms with Crippen molar-refractivity contribution in [3.63, 3.8) is 0 Å². The fourth-order valence-corrected chi connectivity index (χ4v) is 4.34. The van der Waals surface area contributed by atoms with Gasteiger partial charge in [0.25, 0.3) is 5.91 Å². The summed E-state index contributed by atoms with van der Waals surface area (Å²) >= 11 is 0. The standard InChI is InChI=1S/C21H26N4O2/c26-20-12-17-6-10-25(21(27)16-4-2-1-3-5-16)14-18(17)7-9-24(20)11-8-19-13-22-15-23-19/h1-5,13,15,17-18H,6-12,14H2,(H,22,23)/t17-,18-/m0/s1. The van der Waals surface area contributed by atoms with Crippen LogP contribution >= 0.6 is 0 Å². The minimum absolute atomic E-state index is 0.112. The number of imidazole rings is 1. The van der Waals surface area contributed by atoms with E-state index in [1.165, 1.54) is 0 Å². The molecule has 2 aromatic rings. The normalized spacial score (nSPS) is 23.0. The number of aromatic nitrogens is 2. The van der Waals surface area contributed by atoms with Crippen molar-refractivity contribution in [1.82, 2.24) is 19.8 Å². The van der Waals surface area contributed by atoms with Gasteiger partial charge in [0.15, 0.2) is 0 Å². The van der Waals surface area contributed by atoms with Crippen LogP contribution in [0.1, 0.15) is 35.3 Å². The number of piperidine rings is 1. The number of carbonyl (C=O) groups is 2. The molecule has 2 aliphatic rings. The van der Waals surface area contributed by atoms with E-state index in [2.05, 4.69) is 9.97 Å². The predicted octanol–water partition coefficient (Wildman–Crippen LogP) is 2.35. The Morgan fingerprint density at radius 3 is 2.74 bits per heavy atom. The summed E-state index contributed by atoms with van der Waals surface area (Å²) < 4.78 is 0. The summed E-state index contributed by atoms with van der Waals surface area (Å²) in [6, 6.07) is 9.49. The van der Waals surface area contributed by atoms with E-state index in [0.29, 0.717) is 18.3 Å². The molecule has 2 aliphatic heterocycles. The van der Waals surface area contributed by atoms with E-state index in [-0.39, 0.29) is 11.8 Å². The molecule has 27 heavy (non-hydrogen) atoms. The summed E-state index contributed by atoms with van der Waals surface area (Å²) in [5, 5.41) is 0. The van der Waals surface area contributed by atoms with Gasteiger partial charge in [-0.1, -0.05) is 18.2 Å².